The van der Waals surface area contributed by atoms with E-state index in [0.29, 0.717) is 6.04 Å². The van der Waals surface area contributed by atoms with Gasteiger partial charge < -0.3 is 19.9 Å². The van der Waals surface area contributed by atoms with E-state index in [-0.39, 0.29) is 36.4 Å². The van der Waals surface area contributed by atoms with Crippen LogP contribution in [0.2, 0.25) is 0 Å². The number of thiophene rings is 1. The predicted molar refractivity (Wildman–Crippen MR) is 120 cm³/mol. The number of nitrogens with zero attached hydrogens (tertiary/aromatic N) is 4. The second-order valence-electron chi connectivity index (χ2n) is 6.90. The molecule has 1 aromatic rings. The van der Waals surface area contributed by atoms with Crippen LogP contribution >= 0.6 is 35.3 Å². The summed E-state index contributed by atoms with van der Waals surface area (Å²) in [5.74, 6) is 0.855. The van der Waals surface area contributed by atoms with Crippen molar-refractivity contribution >= 4 is 47.2 Å². The number of nitrogens with one attached hydrogen (secondary N) is 1. The van der Waals surface area contributed by atoms with Gasteiger partial charge in [-0.2, -0.15) is 0 Å². The van der Waals surface area contributed by atoms with Crippen molar-refractivity contribution in [2.24, 2.45) is 4.99 Å². The van der Waals surface area contributed by atoms with Gasteiger partial charge in [0.05, 0.1) is 19.8 Å². The number of amides is 1. The fourth-order valence-electron chi connectivity index (χ4n) is 3.31. The molecule has 2 aliphatic heterocycles. The summed E-state index contributed by atoms with van der Waals surface area (Å²) < 4.78 is 5.47. The van der Waals surface area contributed by atoms with Crippen molar-refractivity contribution in [1.29, 1.82) is 0 Å². The number of morpholine rings is 1. The average molecular weight is 507 g/mol. The standard InChI is InChI=1S/C18H29N5O2S.HI/c1-21(2)17(24)13-20-18(19-12-16-4-3-11-26-16)23-6-5-15(14-23)22-7-9-25-10-8-22;/h3-4,11,15H,5-10,12-14H2,1-2H3,(H,19,20);1H. The normalized spacial score (nSPS) is 21.0. The van der Waals surface area contributed by atoms with Gasteiger partial charge in [0.1, 0.15) is 6.54 Å². The zero-order valence-corrected chi connectivity index (χ0v) is 19.2. The second-order valence-corrected chi connectivity index (χ2v) is 7.93. The van der Waals surface area contributed by atoms with Gasteiger partial charge >= 0.3 is 0 Å². The fourth-order valence-corrected chi connectivity index (χ4v) is 3.95. The molecule has 1 aromatic heterocycles. The molecule has 0 bridgehead atoms. The lowest BCUT2D eigenvalue weighted by molar-refractivity contribution is -0.127. The lowest BCUT2D eigenvalue weighted by Crippen LogP contribution is -2.46. The SMILES string of the molecule is CN(C)C(=O)CN=C(NCc1cccs1)N1CCC(N2CCOCC2)C1.I. The molecule has 7 nitrogen and oxygen atoms in total. The van der Waals surface area contributed by atoms with Crippen LogP contribution in [0.15, 0.2) is 22.5 Å². The molecular formula is C18H30IN5O2S. The van der Waals surface area contributed by atoms with Crippen LogP contribution < -0.4 is 5.32 Å². The molecular weight excluding hydrogens is 477 g/mol. The van der Waals surface area contributed by atoms with E-state index in [0.717, 1.165) is 58.3 Å². The fraction of sp³-hybridized carbons (Fsp3) is 0.667. The summed E-state index contributed by atoms with van der Waals surface area (Å²) in [6, 6.07) is 4.70. The maximum absolute atomic E-state index is 12.0. The molecule has 152 valence electrons. The smallest absolute Gasteiger partial charge is 0.243 e. The van der Waals surface area contributed by atoms with E-state index in [1.807, 2.05) is 0 Å². The Labute approximate surface area is 182 Å². The number of halogens is 1. The Morgan fingerprint density at radius 1 is 1.37 bits per heavy atom. The first kappa shape index (κ1) is 22.4. The highest BCUT2D eigenvalue weighted by Gasteiger charge is 2.30. The molecule has 0 radical (unpaired) electrons. The second kappa shape index (κ2) is 11.2. The highest BCUT2D eigenvalue weighted by Crippen LogP contribution is 2.17. The summed E-state index contributed by atoms with van der Waals surface area (Å²) in [6.07, 6.45) is 1.13. The highest BCUT2D eigenvalue weighted by molar-refractivity contribution is 14.0. The van der Waals surface area contributed by atoms with Gasteiger partial charge in [0.25, 0.3) is 0 Å². The summed E-state index contributed by atoms with van der Waals surface area (Å²) in [5.41, 5.74) is 0. The zero-order chi connectivity index (χ0) is 18.4. The van der Waals surface area contributed by atoms with Crippen LogP contribution in [0.4, 0.5) is 0 Å². The van der Waals surface area contributed by atoms with Crippen LogP contribution in [-0.4, -0.2) is 92.6 Å². The molecule has 0 aromatic carbocycles. The molecule has 1 amide bonds. The van der Waals surface area contributed by atoms with Gasteiger partial charge in [0, 0.05) is 51.2 Å². The Hall–Kier alpha value is -0.910. The number of ether oxygens (including phenoxy) is 1. The van der Waals surface area contributed by atoms with Gasteiger partial charge in [0.2, 0.25) is 5.91 Å². The molecule has 0 saturated carbocycles. The Morgan fingerprint density at radius 3 is 2.81 bits per heavy atom. The minimum absolute atomic E-state index is 0. The maximum Gasteiger partial charge on any atom is 0.243 e. The van der Waals surface area contributed by atoms with Crippen molar-refractivity contribution in [2.75, 3.05) is 60.0 Å². The number of guanidine groups is 1. The van der Waals surface area contributed by atoms with E-state index in [4.69, 9.17) is 4.74 Å². The van der Waals surface area contributed by atoms with E-state index < -0.39 is 0 Å². The summed E-state index contributed by atoms with van der Waals surface area (Å²) in [5, 5.41) is 5.53. The van der Waals surface area contributed by atoms with E-state index in [2.05, 4.69) is 37.6 Å². The van der Waals surface area contributed by atoms with Crippen LogP contribution in [0.25, 0.3) is 0 Å². The molecule has 2 saturated heterocycles. The van der Waals surface area contributed by atoms with Gasteiger partial charge in [-0.05, 0) is 17.9 Å². The van der Waals surface area contributed by atoms with E-state index >= 15 is 0 Å². The molecule has 1 atom stereocenters. The van der Waals surface area contributed by atoms with Crippen molar-refractivity contribution in [3.8, 4) is 0 Å². The largest absolute Gasteiger partial charge is 0.379 e. The molecule has 0 spiro atoms. The third kappa shape index (κ3) is 6.58. The Bertz CT molecular complexity index is 605. The molecule has 1 N–H and O–H groups in total. The van der Waals surface area contributed by atoms with Crippen molar-refractivity contribution in [1.82, 2.24) is 20.0 Å². The molecule has 9 heteroatoms. The molecule has 2 fully saturated rings. The van der Waals surface area contributed by atoms with Gasteiger partial charge in [-0.15, -0.1) is 35.3 Å². The number of rotatable bonds is 5. The van der Waals surface area contributed by atoms with Gasteiger partial charge in [-0.1, -0.05) is 6.07 Å². The monoisotopic (exact) mass is 507 g/mol. The lowest BCUT2D eigenvalue weighted by atomic mass is 10.2. The molecule has 0 aliphatic carbocycles. The number of hydrogen-bond acceptors (Lipinski definition) is 5. The third-order valence-corrected chi connectivity index (χ3v) is 5.77. The van der Waals surface area contributed by atoms with Crippen molar-refractivity contribution < 1.29 is 9.53 Å². The molecule has 3 heterocycles. The molecule has 2 aliphatic rings. The lowest BCUT2D eigenvalue weighted by Gasteiger charge is -2.32. The first-order valence-corrected chi connectivity index (χ1v) is 10.1. The Morgan fingerprint density at radius 2 is 2.15 bits per heavy atom. The third-order valence-electron chi connectivity index (χ3n) is 4.89. The highest BCUT2D eigenvalue weighted by atomic mass is 127. The van der Waals surface area contributed by atoms with Crippen molar-refractivity contribution in [2.45, 2.75) is 19.0 Å². The molecule has 27 heavy (non-hydrogen) atoms. The van der Waals surface area contributed by atoms with E-state index in [9.17, 15) is 4.79 Å². The molecule has 1 unspecified atom stereocenters. The summed E-state index contributed by atoms with van der Waals surface area (Å²) >= 11 is 1.73. The van der Waals surface area contributed by atoms with Crippen LogP contribution in [0.3, 0.4) is 0 Å². The number of likely N-dealkylation sites (tertiary alicyclic amines) is 1. The van der Waals surface area contributed by atoms with Crippen LogP contribution in [0.5, 0.6) is 0 Å². The minimum Gasteiger partial charge on any atom is -0.379 e. The van der Waals surface area contributed by atoms with Crippen molar-refractivity contribution in [3.05, 3.63) is 22.4 Å². The summed E-state index contributed by atoms with van der Waals surface area (Å²) in [7, 11) is 3.53. The maximum atomic E-state index is 12.0. The number of hydrogen-bond donors (Lipinski definition) is 1. The number of aliphatic imine (C=N–C) groups is 1. The first-order chi connectivity index (χ1) is 12.6. The molecule has 3 rings (SSSR count). The van der Waals surface area contributed by atoms with E-state index in [1.165, 1.54) is 4.88 Å². The summed E-state index contributed by atoms with van der Waals surface area (Å²) in [6.45, 7) is 6.50. The van der Waals surface area contributed by atoms with Gasteiger partial charge in [-0.25, -0.2) is 4.99 Å². The van der Waals surface area contributed by atoms with Crippen LogP contribution in [0.1, 0.15) is 11.3 Å². The van der Waals surface area contributed by atoms with Crippen LogP contribution in [0, 0.1) is 0 Å². The summed E-state index contributed by atoms with van der Waals surface area (Å²) in [4.78, 5) is 24.2. The van der Waals surface area contributed by atoms with Crippen molar-refractivity contribution in [3.63, 3.8) is 0 Å². The predicted octanol–water partition coefficient (Wildman–Crippen LogP) is 1.31. The number of carbonyl (C=O) groups is 1. The van der Waals surface area contributed by atoms with Gasteiger partial charge in [-0.3, -0.25) is 9.69 Å². The quantitative estimate of drug-likeness (QED) is 0.370. The Kier molecular flexibility index (Phi) is 9.27. The topological polar surface area (TPSA) is 60.4 Å². The first-order valence-electron chi connectivity index (χ1n) is 9.21. The number of likely N-dealkylation sites (N-methyl/N-ethyl adjacent to an activating group) is 1. The average Bonchev–Trinajstić information content (AvgIpc) is 3.34. The Balaban J connectivity index is 0.00000261. The minimum atomic E-state index is 0. The van der Waals surface area contributed by atoms with E-state index in [1.54, 1.807) is 30.3 Å². The zero-order valence-electron chi connectivity index (χ0n) is 16.1. The van der Waals surface area contributed by atoms with Crippen LogP contribution in [-0.2, 0) is 16.1 Å². The van der Waals surface area contributed by atoms with Gasteiger partial charge in [0.15, 0.2) is 5.96 Å². The number of carbonyl (C=O) groups excluding carboxylic acids is 1.